The second-order valence-electron chi connectivity index (χ2n) is 11.6. The number of nitrogens with one attached hydrogen (secondary N) is 2. The molecule has 2 N–H and O–H groups in total. The fourth-order valence-corrected chi connectivity index (χ4v) is 6.43. The summed E-state index contributed by atoms with van der Waals surface area (Å²) in [6, 6.07) is 5.86. The van der Waals surface area contributed by atoms with Crippen LogP contribution in [0.2, 0.25) is 0 Å². The lowest BCUT2D eigenvalue weighted by atomic mass is 9.89. The molecular formula is C28H38F3N3O2S. The molecule has 1 unspecified atom stereocenters. The molecule has 2 fully saturated rings. The quantitative estimate of drug-likeness (QED) is 0.410. The standard InChI is InChI=1S/C28H38F3N3O2S/c1-18-22(26(35)32-21-11-8-12-21)16-24(34(18)17-19-9-6-5-7-10-19)20-13-14-25(23(15-20)28(29,30)31)37(36)33-27(2,3)4/h13-16,19,21,33H,5-12,17H2,1-4H3,(H,32,35). The van der Waals surface area contributed by atoms with E-state index in [2.05, 4.69) is 10.0 Å². The third-order valence-corrected chi connectivity index (χ3v) is 8.95. The van der Waals surface area contributed by atoms with E-state index in [1.54, 1.807) is 32.9 Å². The van der Waals surface area contributed by atoms with Crippen molar-refractivity contribution < 1.29 is 22.2 Å². The zero-order chi connectivity index (χ0) is 27.0. The largest absolute Gasteiger partial charge is 0.417 e. The van der Waals surface area contributed by atoms with Crippen LogP contribution in [0.3, 0.4) is 0 Å². The topological polar surface area (TPSA) is 63.1 Å². The van der Waals surface area contributed by atoms with Gasteiger partial charge < -0.3 is 9.88 Å². The van der Waals surface area contributed by atoms with E-state index in [1.807, 2.05) is 11.5 Å². The fraction of sp³-hybridized carbons (Fsp3) is 0.607. The van der Waals surface area contributed by atoms with Gasteiger partial charge in [-0.1, -0.05) is 25.3 Å². The summed E-state index contributed by atoms with van der Waals surface area (Å²) in [6.07, 6.45) is 3.97. The van der Waals surface area contributed by atoms with E-state index in [1.165, 1.54) is 12.5 Å². The Kier molecular flexibility index (Phi) is 8.24. The van der Waals surface area contributed by atoms with E-state index < -0.39 is 28.3 Å². The smallest absolute Gasteiger partial charge is 0.349 e. The van der Waals surface area contributed by atoms with Gasteiger partial charge in [0.15, 0.2) is 0 Å². The minimum atomic E-state index is -4.68. The second kappa shape index (κ2) is 10.9. The number of nitrogens with zero attached hydrogens (tertiary/aromatic N) is 1. The van der Waals surface area contributed by atoms with E-state index in [0.717, 1.165) is 56.7 Å². The molecule has 2 aliphatic rings. The molecule has 0 saturated heterocycles. The van der Waals surface area contributed by atoms with E-state index in [9.17, 15) is 22.2 Å². The molecule has 0 radical (unpaired) electrons. The van der Waals surface area contributed by atoms with Crippen molar-refractivity contribution >= 4 is 16.9 Å². The molecule has 1 heterocycles. The minimum Gasteiger partial charge on any atom is -0.349 e. The first-order valence-electron chi connectivity index (χ1n) is 13.3. The molecule has 1 amide bonds. The molecule has 0 aliphatic heterocycles. The third kappa shape index (κ3) is 6.66. The van der Waals surface area contributed by atoms with E-state index >= 15 is 0 Å². The van der Waals surface area contributed by atoms with Crippen molar-refractivity contribution in [3.05, 3.63) is 41.1 Å². The molecule has 0 spiro atoms. The Morgan fingerprint density at radius 3 is 2.27 bits per heavy atom. The molecule has 1 aromatic heterocycles. The highest BCUT2D eigenvalue weighted by Crippen LogP contribution is 2.38. The van der Waals surface area contributed by atoms with Gasteiger partial charge in [0.1, 0.15) is 11.0 Å². The summed E-state index contributed by atoms with van der Waals surface area (Å²) >= 11 is 0. The lowest BCUT2D eigenvalue weighted by Gasteiger charge is -2.26. The van der Waals surface area contributed by atoms with Crippen LogP contribution in [-0.2, 0) is 23.7 Å². The first-order chi connectivity index (χ1) is 17.3. The maximum Gasteiger partial charge on any atom is 0.417 e. The van der Waals surface area contributed by atoms with Gasteiger partial charge in [0.05, 0.1) is 16.0 Å². The van der Waals surface area contributed by atoms with Crippen molar-refractivity contribution in [2.45, 2.75) is 108 Å². The summed E-state index contributed by atoms with van der Waals surface area (Å²) in [5.41, 5.74) is 0.685. The second-order valence-corrected chi connectivity index (χ2v) is 12.8. The number of carbonyl (C=O) groups is 1. The minimum absolute atomic E-state index is 0.165. The maximum atomic E-state index is 14.2. The number of alkyl halides is 3. The molecule has 2 aliphatic carbocycles. The molecule has 37 heavy (non-hydrogen) atoms. The number of carbonyl (C=O) groups excluding carboxylic acids is 1. The van der Waals surface area contributed by atoms with Gasteiger partial charge in [0.2, 0.25) is 0 Å². The van der Waals surface area contributed by atoms with Crippen LogP contribution in [0.25, 0.3) is 11.3 Å². The molecule has 204 valence electrons. The highest BCUT2D eigenvalue weighted by atomic mass is 32.2. The monoisotopic (exact) mass is 537 g/mol. The molecule has 5 nitrogen and oxygen atoms in total. The Hall–Kier alpha value is -2.13. The molecular weight excluding hydrogens is 499 g/mol. The molecule has 2 saturated carbocycles. The van der Waals surface area contributed by atoms with Crippen LogP contribution in [0.15, 0.2) is 29.2 Å². The van der Waals surface area contributed by atoms with Gasteiger partial charge in [-0.25, -0.2) is 8.93 Å². The summed E-state index contributed by atoms with van der Waals surface area (Å²) in [4.78, 5) is 12.8. The number of hydrogen-bond acceptors (Lipinski definition) is 2. The Bertz CT molecular complexity index is 1160. The van der Waals surface area contributed by atoms with Gasteiger partial charge in [-0.05, 0) is 89.5 Å². The Labute approximate surface area is 220 Å². The summed E-state index contributed by atoms with van der Waals surface area (Å²) in [7, 11) is -2.04. The molecule has 2 aromatic rings. The van der Waals surface area contributed by atoms with Crippen LogP contribution < -0.4 is 10.0 Å². The highest BCUT2D eigenvalue weighted by molar-refractivity contribution is 7.83. The lowest BCUT2D eigenvalue weighted by molar-refractivity contribution is -0.139. The Balaban J connectivity index is 1.76. The van der Waals surface area contributed by atoms with Gasteiger partial charge >= 0.3 is 6.18 Å². The predicted molar refractivity (Wildman–Crippen MR) is 141 cm³/mol. The van der Waals surface area contributed by atoms with Crippen molar-refractivity contribution in [2.75, 3.05) is 0 Å². The molecule has 1 atom stereocenters. The van der Waals surface area contributed by atoms with Crippen LogP contribution in [0.4, 0.5) is 13.2 Å². The van der Waals surface area contributed by atoms with Crippen LogP contribution in [0.5, 0.6) is 0 Å². The molecule has 4 rings (SSSR count). The lowest BCUT2D eigenvalue weighted by Crippen LogP contribution is -2.39. The van der Waals surface area contributed by atoms with Gasteiger partial charge in [0.25, 0.3) is 5.91 Å². The van der Waals surface area contributed by atoms with Crippen LogP contribution >= 0.6 is 0 Å². The predicted octanol–water partition coefficient (Wildman–Crippen LogP) is 6.76. The van der Waals surface area contributed by atoms with E-state index in [4.69, 9.17) is 0 Å². The van der Waals surface area contributed by atoms with Gasteiger partial charge in [-0.15, -0.1) is 0 Å². The van der Waals surface area contributed by atoms with Gasteiger partial charge in [0, 0.05) is 29.5 Å². The highest BCUT2D eigenvalue weighted by Gasteiger charge is 2.36. The number of halogens is 3. The van der Waals surface area contributed by atoms with Crippen molar-refractivity contribution in [1.29, 1.82) is 0 Å². The molecule has 9 heteroatoms. The SMILES string of the molecule is Cc1c(C(=O)NC2CCC2)cc(-c2ccc(S(=O)NC(C)(C)C)c(C(F)(F)F)c2)n1CC1CCCCC1. The van der Waals surface area contributed by atoms with Crippen molar-refractivity contribution in [3.63, 3.8) is 0 Å². The van der Waals surface area contributed by atoms with Crippen molar-refractivity contribution in [2.24, 2.45) is 5.92 Å². The van der Waals surface area contributed by atoms with Crippen molar-refractivity contribution in [3.8, 4) is 11.3 Å². The summed E-state index contributed by atoms with van der Waals surface area (Å²) in [6.45, 7) is 7.80. The zero-order valence-corrected chi connectivity index (χ0v) is 23.0. The average molecular weight is 538 g/mol. The average Bonchev–Trinajstić information content (AvgIpc) is 3.11. The fourth-order valence-electron chi connectivity index (χ4n) is 5.20. The number of amides is 1. The molecule has 0 bridgehead atoms. The van der Waals surface area contributed by atoms with E-state index in [-0.39, 0.29) is 16.8 Å². The van der Waals surface area contributed by atoms with E-state index in [0.29, 0.717) is 29.3 Å². The summed E-state index contributed by atoms with van der Waals surface area (Å²) in [5, 5.41) is 3.07. The number of benzene rings is 1. The maximum absolute atomic E-state index is 14.2. The van der Waals surface area contributed by atoms with Gasteiger partial charge in [-0.2, -0.15) is 13.2 Å². The zero-order valence-electron chi connectivity index (χ0n) is 22.1. The van der Waals surface area contributed by atoms with Crippen LogP contribution in [-0.4, -0.2) is 26.3 Å². The summed E-state index contributed by atoms with van der Waals surface area (Å²) in [5.74, 6) is 0.250. The molecule has 1 aromatic carbocycles. The van der Waals surface area contributed by atoms with Crippen LogP contribution in [0, 0.1) is 12.8 Å². The van der Waals surface area contributed by atoms with Crippen LogP contribution in [0.1, 0.15) is 93.8 Å². The Morgan fingerprint density at radius 2 is 1.70 bits per heavy atom. The number of rotatable bonds is 7. The normalized spacial score (nSPS) is 18.5. The first kappa shape index (κ1) is 27.9. The number of aromatic nitrogens is 1. The van der Waals surface area contributed by atoms with Gasteiger partial charge in [-0.3, -0.25) is 4.79 Å². The third-order valence-electron chi connectivity index (χ3n) is 7.40. The Morgan fingerprint density at radius 1 is 1.03 bits per heavy atom. The summed E-state index contributed by atoms with van der Waals surface area (Å²) < 4.78 is 60.1. The first-order valence-corrected chi connectivity index (χ1v) is 14.4. The number of hydrogen-bond donors (Lipinski definition) is 2. The van der Waals surface area contributed by atoms with Crippen molar-refractivity contribution in [1.82, 2.24) is 14.6 Å².